The van der Waals surface area contributed by atoms with E-state index in [1.165, 1.54) is 0 Å². The zero-order chi connectivity index (χ0) is 17.6. The Bertz CT molecular complexity index is 907. The van der Waals surface area contributed by atoms with Crippen molar-refractivity contribution in [2.75, 3.05) is 6.61 Å². The molecule has 5 heteroatoms. The zero-order valence-corrected chi connectivity index (χ0v) is 14.2. The third-order valence-corrected chi connectivity index (χ3v) is 3.89. The van der Waals surface area contributed by atoms with Gasteiger partial charge in [-0.05, 0) is 46.7 Å². The fourth-order valence-corrected chi connectivity index (χ4v) is 2.44. The first-order valence-electron chi connectivity index (χ1n) is 7.73. The maximum absolute atomic E-state index is 11.9. The van der Waals surface area contributed by atoms with E-state index >= 15 is 0 Å². The second-order valence-corrected chi connectivity index (χ2v) is 5.89. The monoisotopic (exact) mass is 352 g/mol. The third kappa shape index (κ3) is 4.52. The van der Waals surface area contributed by atoms with Gasteiger partial charge in [0.1, 0.15) is 5.75 Å². The average Bonchev–Trinajstić information content (AvgIpc) is 2.65. The SMILES string of the molecule is C=C(NNC(=O)COc1ccc(Cl)cc1)c1ccc2ccccc2c1. The highest BCUT2D eigenvalue weighted by Crippen LogP contribution is 2.19. The van der Waals surface area contributed by atoms with Gasteiger partial charge in [0.15, 0.2) is 6.61 Å². The Morgan fingerprint density at radius 2 is 1.68 bits per heavy atom. The van der Waals surface area contributed by atoms with Crippen LogP contribution in [-0.2, 0) is 4.79 Å². The van der Waals surface area contributed by atoms with Crippen molar-refractivity contribution in [3.8, 4) is 5.75 Å². The zero-order valence-electron chi connectivity index (χ0n) is 13.5. The van der Waals surface area contributed by atoms with E-state index in [9.17, 15) is 4.79 Å². The summed E-state index contributed by atoms with van der Waals surface area (Å²) in [6.45, 7) is 3.84. The summed E-state index contributed by atoms with van der Waals surface area (Å²) >= 11 is 5.80. The number of hydrogen-bond acceptors (Lipinski definition) is 3. The molecule has 0 unspecified atom stereocenters. The molecule has 4 nitrogen and oxygen atoms in total. The molecule has 0 bridgehead atoms. The van der Waals surface area contributed by atoms with E-state index in [4.69, 9.17) is 16.3 Å². The molecule has 0 radical (unpaired) electrons. The van der Waals surface area contributed by atoms with Gasteiger partial charge in [-0.2, -0.15) is 0 Å². The molecule has 2 N–H and O–H groups in total. The summed E-state index contributed by atoms with van der Waals surface area (Å²) in [6.07, 6.45) is 0. The fraction of sp³-hybridized carbons (Fsp3) is 0.0500. The lowest BCUT2D eigenvalue weighted by atomic mass is 10.1. The topological polar surface area (TPSA) is 50.4 Å². The highest BCUT2D eigenvalue weighted by molar-refractivity contribution is 6.30. The number of benzene rings is 3. The van der Waals surface area contributed by atoms with Crippen LogP contribution in [0.1, 0.15) is 5.56 Å². The smallest absolute Gasteiger partial charge is 0.276 e. The highest BCUT2D eigenvalue weighted by Gasteiger charge is 2.05. The quantitative estimate of drug-likeness (QED) is 0.655. The van der Waals surface area contributed by atoms with Gasteiger partial charge in [-0.3, -0.25) is 15.6 Å². The Labute approximate surface area is 151 Å². The summed E-state index contributed by atoms with van der Waals surface area (Å²) in [5.41, 5.74) is 6.89. The van der Waals surface area contributed by atoms with Crippen LogP contribution in [0.3, 0.4) is 0 Å². The number of hydrogen-bond donors (Lipinski definition) is 2. The maximum Gasteiger partial charge on any atom is 0.276 e. The highest BCUT2D eigenvalue weighted by atomic mass is 35.5. The lowest BCUT2D eigenvalue weighted by molar-refractivity contribution is -0.123. The first-order valence-corrected chi connectivity index (χ1v) is 8.11. The van der Waals surface area contributed by atoms with Crippen molar-refractivity contribution < 1.29 is 9.53 Å². The molecule has 3 aromatic rings. The van der Waals surface area contributed by atoms with Crippen molar-refractivity contribution in [2.45, 2.75) is 0 Å². The Hall–Kier alpha value is -2.98. The molecule has 0 fully saturated rings. The molecule has 0 atom stereocenters. The maximum atomic E-state index is 11.9. The van der Waals surface area contributed by atoms with Crippen molar-refractivity contribution in [1.82, 2.24) is 10.9 Å². The molecule has 3 rings (SSSR count). The number of halogens is 1. The molecular weight excluding hydrogens is 336 g/mol. The van der Waals surface area contributed by atoms with E-state index in [0.717, 1.165) is 16.3 Å². The standard InChI is InChI=1S/C20H17ClN2O2/c1-14(16-7-6-15-4-2-3-5-17(15)12-16)22-23-20(24)13-25-19-10-8-18(21)9-11-19/h2-12,22H,1,13H2,(H,23,24). The summed E-state index contributed by atoms with van der Waals surface area (Å²) in [5.74, 6) is 0.268. The number of rotatable bonds is 6. The Balaban J connectivity index is 1.52. The minimum Gasteiger partial charge on any atom is -0.484 e. The fourth-order valence-electron chi connectivity index (χ4n) is 2.31. The van der Waals surface area contributed by atoms with E-state index < -0.39 is 0 Å². The van der Waals surface area contributed by atoms with Gasteiger partial charge in [-0.1, -0.05) is 54.6 Å². The molecule has 0 saturated heterocycles. The molecule has 3 aromatic carbocycles. The summed E-state index contributed by atoms with van der Waals surface area (Å²) < 4.78 is 5.38. The van der Waals surface area contributed by atoms with E-state index in [1.807, 2.05) is 42.5 Å². The minimum atomic E-state index is -0.308. The molecule has 0 aliphatic heterocycles. The molecule has 126 valence electrons. The van der Waals surface area contributed by atoms with Gasteiger partial charge in [0, 0.05) is 5.02 Å². The summed E-state index contributed by atoms with van der Waals surface area (Å²) in [6, 6.07) is 20.9. The molecule has 1 amide bonds. The summed E-state index contributed by atoms with van der Waals surface area (Å²) in [7, 11) is 0. The Morgan fingerprint density at radius 3 is 2.44 bits per heavy atom. The van der Waals surface area contributed by atoms with Gasteiger partial charge in [0.25, 0.3) is 5.91 Å². The lowest BCUT2D eigenvalue weighted by Crippen LogP contribution is -2.38. The van der Waals surface area contributed by atoms with E-state index in [1.54, 1.807) is 24.3 Å². The molecule has 25 heavy (non-hydrogen) atoms. The van der Waals surface area contributed by atoms with Crippen LogP contribution in [0.25, 0.3) is 16.5 Å². The summed E-state index contributed by atoms with van der Waals surface area (Å²) in [5, 5.41) is 2.88. The molecule has 0 heterocycles. The van der Waals surface area contributed by atoms with Crippen LogP contribution in [-0.4, -0.2) is 12.5 Å². The predicted molar refractivity (Wildman–Crippen MR) is 101 cm³/mol. The number of nitrogens with one attached hydrogen (secondary N) is 2. The minimum absolute atomic E-state index is 0.111. The van der Waals surface area contributed by atoms with Gasteiger partial charge in [-0.25, -0.2) is 0 Å². The van der Waals surface area contributed by atoms with E-state index in [0.29, 0.717) is 16.5 Å². The van der Waals surface area contributed by atoms with Crippen molar-refractivity contribution in [2.24, 2.45) is 0 Å². The van der Waals surface area contributed by atoms with Crippen LogP contribution in [0.2, 0.25) is 5.02 Å². The molecule has 0 saturated carbocycles. The van der Waals surface area contributed by atoms with Crippen molar-refractivity contribution in [3.63, 3.8) is 0 Å². The Morgan fingerprint density at radius 1 is 0.960 bits per heavy atom. The van der Waals surface area contributed by atoms with Crippen LogP contribution in [0.4, 0.5) is 0 Å². The van der Waals surface area contributed by atoms with Gasteiger partial charge in [0.2, 0.25) is 0 Å². The first-order chi connectivity index (χ1) is 12.1. The third-order valence-electron chi connectivity index (χ3n) is 3.63. The van der Waals surface area contributed by atoms with E-state index in [-0.39, 0.29) is 12.5 Å². The first kappa shape index (κ1) is 16.9. The number of hydrazine groups is 1. The molecular formula is C20H17ClN2O2. The number of fused-ring (bicyclic) bond motifs is 1. The predicted octanol–water partition coefficient (Wildman–Crippen LogP) is 4.16. The van der Waals surface area contributed by atoms with Crippen LogP contribution < -0.4 is 15.6 Å². The molecule has 0 aliphatic rings. The number of carbonyl (C=O) groups is 1. The molecule has 0 aliphatic carbocycles. The van der Waals surface area contributed by atoms with Crippen LogP contribution >= 0.6 is 11.6 Å². The van der Waals surface area contributed by atoms with Crippen LogP contribution in [0, 0.1) is 0 Å². The molecule has 0 spiro atoms. The van der Waals surface area contributed by atoms with Gasteiger partial charge in [0.05, 0.1) is 5.70 Å². The molecule has 0 aromatic heterocycles. The average molecular weight is 353 g/mol. The van der Waals surface area contributed by atoms with Crippen molar-refractivity contribution >= 4 is 34.0 Å². The second kappa shape index (κ2) is 7.73. The van der Waals surface area contributed by atoms with Crippen LogP contribution in [0.5, 0.6) is 5.75 Å². The summed E-state index contributed by atoms with van der Waals surface area (Å²) in [4.78, 5) is 11.9. The number of carbonyl (C=O) groups excluding carboxylic acids is 1. The lowest BCUT2D eigenvalue weighted by Gasteiger charge is -2.12. The normalized spacial score (nSPS) is 10.3. The van der Waals surface area contributed by atoms with Crippen LogP contribution in [0.15, 0.2) is 73.3 Å². The second-order valence-electron chi connectivity index (χ2n) is 5.46. The number of ether oxygens (including phenoxy) is 1. The van der Waals surface area contributed by atoms with Gasteiger partial charge >= 0.3 is 0 Å². The largest absolute Gasteiger partial charge is 0.484 e. The van der Waals surface area contributed by atoms with E-state index in [2.05, 4.69) is 17.4 Å². The van der Waals surface area contributed by atoms with Gasteiger partial charge in [-0.15, -0.1) is 0 Å². The van der Waals surface area contributed by atoms with Gasteiger partial charge < -0.3 is 4.74 Å². The Kier molecular flexibility index (Phi) is 5.21. The number of amides is 1. The van der Waals surface area contributed by atoms with Crippen molar-refractivity contribution in [3.05, 3.63) is 83.9 Å². The van der Waals surface area contributed by atoms with Crippen molar-refractivity contribution in [1.29, 1.82) is 0 Å².